The van der Waals surface area contributed by atoms with E-state index in [0.29, 0.717) is 12.8 Å². The molecule has 1 aliphatic rings. The van der Waals surface area contributed by atoms with Gasteiger partial charge in [-0.2, -0.15) is 22.0 Å². The number of hydrogen-bond donors (Lipinski definition) is 0. The van der Waals surface area contributed by atoms with E-state index in [0.717, 1.165) is 0 Å². The number of alkyl halides is 5. The van der Waals surface area contributed by atoms with Crippen LogP contribution in [0.2, 0.25) is 0 Å². The summed E-state index contributed by atoms with van der Waals surface area (Å²) >= 11 is 0. The van der Waals surface area contributed by atoms with Crippen LogP contribution in [-0.2, 0) is 12.6 Å². The van der Waals surface area contributed by atoms with Crippen LogP contribution in [0.1, 0.15) is 61.6 Å². The zero-order chi connectivity index (χ0) is 24.6. The fraction of sp³-hybridized carbons (Fsp3) is 0.478. The minimum absolute atomic E-state index is 0.0570. The summed E-state index contributed by atoms with van der Waals surface area (Å²) in [7, 11) is 0. The number of benzene rings is 2. The molecule has 1 aliphatic carbocycles. The molecule has 0 aliphatic heterocycles. The van der Waals surface area contributed by atoms with Gasteiger partial charge in [0.1, 0.15) is 22.9 Å². The second-order valence-corrected chi connectivity index (χ2v) is 8.16. The van der Waals surface area contributed by atoms with Crippen molar-refractivity contribution in [3.8, 4) is 5.75 Å². The van der Waals surface area contributed by atoms with E-state index in [9.17, 15) is 39.5 Å². The number of ether oxygens (including phenoxy) is 1. The van der Waals surface area contributed by atoms with Gasteiger partial charge in [0.2, 0.25) is 0 Å². The van der Waals surface area contributed by atoms with Crippen LogP contribution in [0.3, 0.4) is 0 Å². The summed E-state index contributed by atoms with van der Waals surface area (Å²) in [4.78, 5) is 0. The van der Waals surface area contributed by atoms with Crippen LogP contribution in [0.15, 0.2) is 24.3 Å². The topological polar surface area (TPSA) is 9.23 Å². The van der Waals surface area contributed by atoms with E-state index in [1.807, 2.05) is 6.92 Å². The normalized spacial score (nSPS) is 19.6. The van der Waals surface area contributed by atoms with E-state index in [-0.39, 0.29) is 48.9 Å². The third-order valence-corrected chi connectivity index (χ3v) is 5.91. The van der Waals surface area contributed by atoms with Crippen molar-refractivity contribution in [3.63, 3.8) is 0 Å². The lowest BCUT2D eigenvalue weighted by Crippen LogP contribution is -2.37. The Morgan fingerprint density at radius 1 is 0.848 bits per heavy atom. The Bertz CT molecular complexity index is 969. The molecule has 2 aromatic rings. The lowest BCUT2D eigenvalue weighted by atomic mass is 9.77. The number of rotatable bonds is 6. The summed E-state index contributed by atoms with van der Waals surface area (Å²) in [6.07, 6.45) is -8.43. The third kappa shape index (κ3) is 5.41. The molecule has 0 spiro atoms. The summed E-state index contributed by atoms with van der Waals surface area (Å²) in [6.45, 7) is 1.82. The van der Waals surface area contributed by atoms with Crippen LogP contribution in [-0.4, -0.2) is 6.11 Å². The van der Waals surface area contributed by atoms with Crippen molar-refractivity contribution in [2.24, 2.45) is 5.92 Å². The van der Waals surface area contributed by atoms with Crippen molar-refractivity contribution in [1.82, 2.24) is 0 Å². The van der Waals surface area contributed by atoms with Gasteiger partial charge in [-0.3, -0.25) is 0 Å². The van der Waals surface area contributed by atoms with Gasteiger partial charge in [0, 0.05) is 12.1 Å². The van der Waals surface area contributed by atoms with Gasteiger partial charge in [-0.1, -0.05) is 25.5 Å². The highest BCUT2D eigenvalue weighted by Gasteiger charge is 2.45. The van der Waals surface area contributed by atoms with Gasteiger partial charge in [-0.15, -0.1) is 0 Å². The van der Waals surface area contributed by atoms with Crippen LogP contribution in [0.25, 0.3) is 0 Å². The highest BCUT2D eigenvalue weighted by atomic mass is 19.4. The van der Waals surface area contributed by atoms with E-state index in [4.69, 9.17) is 0 Å². The van der Waals surface area contributed by atoms with E-state index >= 15 is 0 Å². The average Bonchev–Trinajstić information content (AvgIpc) is 2.70. The molecule has 1 nitrogen and oxygen atoms in total. The Balaban J connectivity index is 1.70. The molecule has 0 unspecified atom stereocenters. The number of halogens is 9. The highest BCUT2D eigenvalue weighted by molar-refractivity contribution is 5.33. The number of aryl methyl sites for hydroxylation is 1. The van der Waals surface area contributed by atoms with Gasteiger partial charge >= 0.3 is 12.3 Å². The molecule has 2 aromatic carbocycles. The fourth-order valence-corrected chi connectivity index (χ4v) is 4.24. The summed E-state index contributed by atoms with van der Waals surface area (Å²) in [6, 6.07) is 3.05. The standard InChI is InChI=1S/C23H21F9O/c1-2-3-13-6-9-16(21(27)20(13)26)12-4-7-14(8-5-12)23(31,32)33-15-10-17(24)19(18(25)11-15)22(28,29)30/h6,9-12,14H,2-5,7-8H2,1H3. The van der Waals surface area contributed by atoms with E-state index in [2.05, 4.69) is 4.74 Å². The van der Waals surface area contributed by atoms with Gasteiger partial charge in [-0.25, -0.2) is 17.6 Å². The summed E-state index contributed by atoms with van der Waals surface area (Å²) in [5, 5.41) is 0. The zero-order valence-corrected chi connectivity index (χ0v) is 17.5. The zero-order valence-electron chi connectivity index (χ0n) is 17.5. The Morgan fingerprint density at radius 3 is 1.94 bits per heavy atom. The lowest BCUT2D eigenvalue weighted by Gasteiger charge is -2.33. The molecule has 0 saturated heterocycles. The molecule has 0 N–H and O–H groups in total. The molecule has 3 rings (SSSR count). The van der Waals surface area contributed by atoms with Crippen molar-refractivity contribution in [3.05, 3.63) is 64.2 Å². The Hall–Kier alpha value is -2.39. The van der Waals surface area contributed by atoms with Crippen molar-refractivity contribution in [2.45, 2.75) is 63.7 Å². The van der Waals surface area contributed by atoms with Gasteiger partial charge in [0.05, 0.1) is 5.92 Å². The maximum Gasteiger partial charge on any atom is 0.422 e. The first-order valence-corrected chi connectivity index (χ1v) is 10.4. The second-order valence-electron chi connectivity index (χ2n) is 8.16. The van der Waals surface area contributed by atoms with Crippen molar-refractivity contribution < 1.29 is 44.3 Å². The molecule has 0 atom stereocenters. The molecule has 0 aromatic heterocycles. The van der Waals surface area contributed by atoms with Crippen molar-refractivity contribution in [2.75, 3.05) is 0 Å². The van der Waals surface area contributed by atoms with Gasteiger partial charge in [-0.05, 0) is 49.1 Å². The molecule has 0 bridgehead atoms. The van der Waals surface area contributed by atoms with E-state index < -0.39 is 58.7 Å². The minimum Gasteiger partial charge on any atom is -0.432 e. The maximum absolute atomic E-state index is 14.6. The van der Waals surface area contributed by atoms with Crippen LogP contribution in [0.4, 0.5) is 39.5 Å². The largest absolute Gasteiger partial charge is 0.432 e. The van der Waals surface area contributed by atoms with Crippen LogP contribution >= 0.6 is 0 Å². The molecule has 0 amide bonds. The second kappa shape index (κ2) is 9.46. The van der Waals surface area contributed by atoms with Crippen molar-refractivity contribution >= 4 is 0 Å². The Morgan fingerprint density at radius 2 is 1.42 bits per heavy atom. The molecular formula is C23H21F9O. The predicted octanol–water partition coefficient (Wildman–Crippen LogP) is 8.16. The van der Waals surface area contributed by atoms with Crippen LogP contribution in [0, 0.1) is 29.2 Å². The van der Waals surface area contributed by atoms with E-state index in [1.54, 1.807) is 0 Å². The SMILES string of the molecule is CCCc1ccc(C2CCC(C(F)(F)Oc3cc(F)c(C(F)(F)F)c(F)c3)CC2)c(F)c1F. The Labute approximate surface area is 184 Å². The average molecular weight is 484 g/mol. The van der Waals surface area contributed by atoms with Crippen LogP contribution < -0.4 is 4.74 Å². The molecule has 1 saturated carbocycles. The van der Waals surface area contributed by atoms with E-state index in [1.165, 1.54) is 12.1 Å². The first-order chi connectivity index (χ1) is 15.3. The van der Waals surface area contributed by atoms with Crippen molar-refractivity contribution in [1.29, 1.82) is 0 Å². The third-order valence-electron chi connectivity index (χ3n) is 5.91. The molecule has 182 valence electrons. The first kappa shape index (κ1) is 25.2. The maximum atomic E-state index is 14.6. The van der Waals surface area contributed by atoms with Gasteiger partial charge < -0.3 is 4.74 Å². The smallest absolute Gasteiger partial charge is 0.422 e. The molecule has 33 heavy (non-hydrogen) atoms. The van der Waals surface area contributed by atoms with Gasteiger partial charge in [0.25, 0.3) is 0 Å². The fourth-order valence-electron chi connectivity index (χ4n) is 4.24. The van der Waals surface area contributed by atoms with Crippen LogP contribution in [0.5, 0.6) is 5.75 Å². The van der Waals surface area contributed by atoms with Gasteiger partial charge in [0.15, 0.2) is 11.6 Å². The predicted molar refractivity (Wildman–Crippen MR) is 102 cm³/mol. The lowest BCUT2D eigenvalue weighted by molar-refractivity contribution is -0.222. The molecule has 1 fully saturated rings. The monoisotopic (exact) mass is 484 g/mol. The summed E-state index contributed by atoms with van der Waals surface area (Å²) in [5.74, 6) is -9.08. The molecule has 10 heteroatoms. The summed E-state index contributed by atoms with van der Waals surface area (Å²) in [5.41, 5.74) is -1.86. The minimum atomic E-state index is -5.34. The molecule has 0 radical (unpaired) electrons. The quantitative estimate of drug-likeness (QED) is 0.376. The summed E-state index contributed by atoms with van der Waals surface area (Å²) < 4.78 is 128. The highest BCUT2D eigenvalue weighted by Crippen LogP contribution is 2.44. The molecular weight excluding hydrogens is 463 g/mol. The molecule has 0 heterocycles. The Kier molecular flexibility index (Phi) is 7.24. The first-order valence-electron chi connectivity index (χ1n) is 10.4. The number of hydrogen-bond acceptors (Lipinski definition) is 1.